The van der Waals surface area contributed by atoms with Crippen LogP contribution in [0, 0.1) is 11.3 Å². The van der Waals surface area contributed by atoms with Crippen LogP contribution in [0.2, 0.25) is 0 Å². The second-order valence-corrected chi connectivity index (χ2v) is 4.85. The average Bonchev–Trinajstić information content (AvgIpc) is 2.67. The summed E-state index contributed by atoms with van der Waals surface area (Å²) in [4.78, 5) is 12.3. The highest BCUT2D eigenvalue weighted by Crippen LogP contribution is 2.38. The van der Waals surface area contributed by atoms with Gasteiger partial charge >= 0.3 is 0 Å². The van der Waals surface area contributed by atoms with E-state index in [1.165, 1.54) is 39.7 Å². The summed E-state index contributed by atoms with van der Waals surface area (Å²) in [5, 5.41) is 12.7. The van der Waals surface area contributed by atoms with Crippen LogP contribution in [0.5, 0.6) is 17.2 Å². The monoisotopic (exact) mass is 339 g/mol. The quantitative estimate of drug-likeness (QED) is 0.644. The summed E-state index contributed by atoms with van der Waals surface area (Å²) in [5.41, 5.74) is 4.05. The fraction of sp³-hybridized carbons (Fsp3) is 0.167. The highest BCUT2D eigenvalue weighted by atomic mass is 16.5. The molecule has 0 aromatic heterocycles. The normalized spacial score (nSPS) is 10.2. The van der Waals surface area contributed by atoms with Crippen LogP contribution in [0.3, 0.4) is 0 Å². The van der Waals surface area contributed by atoms with Gasteiger partial charge < -0.3 is 14.2 Å². The molecule has 1 N–H and O–H groups in total. The van der Waals surface area contributed by atoms with Crippen LogP contribution < -0.4 is 19.6 Å². The van der Waals surface area contributed by atoms with E-state index in [2.05, 4.69) is 10.5 Å². The Labute approximate surface area is 145 Å². The van der Waals surface area contributed by atoms with E-state index in [1.807, 2.05) is 6.07 Å². The zero-order chi connectivity index (χ0) is 18.2. The van der Waals surface area contributed by atoms with Crippen molar-refractivity contribution in [2.45, 2.75) is 0 Å². The number of nitrogens with zero attached hydrogens (tertiary/aromatic N) is 2. The first-order valence-corrected chi connectivity index (χ1v) is 7.26. The number of ether oxygens (including phenoxy) is 3. The molecule has 0 unspecified atom stereocenters. The highest BCUT2D eigenvalue weighted by Gasteiger charge is 2.16. The molecule has 7 nitrogen and oxygen atoms in total. The maximum absolute atomic E-state index is 12.3. The van der Waals surface area contributed by atoms with Gasteiger partial charge in [0.2, 0.25) is 5.75 Å². The van der Waals surface area contributed by atoms with Gasteiger partial charge in [0, 0.05) is 5.56 Å². The van der Waals surface area contributed by atoms with Crippen molar-refractivity contribution in [2.24, 2.45) is 5.10 Å². The third-order valence-electron chi connectivity index (χ3n) is 3.35. The van der Waals surface area contributed by atoms with Gasteiger partial charge in [0.1, 0.15) is 0 Å². The first-order valence-electron chi connectivity index (χ1n) is 7.26. The van der Waals surface area contributed by atoms with Gasteiger partial charge in [-0.25, -0.2) is 5.43 Å². The molecule has 128 valence electrons. The molecule has 25 heavy (non-hydrogen) atoms. The van der Waals surface area contributed by atoms with Gasteiger partial charge in [0.15, 0.2) is 11.5 Å². The van der Waals surface area contributed by atoms with Gasteiger partial charge in [0.05, 0.1) is 39.2 Å². The van der Waals surface area contributed by atoms with Crippen LogP contribution in [0.4, 0.5) is 0 Å². The van der Waals surface area contributed by atoms with E-state index in [-0.39, 0.29) is 0 Å². The molecule has 2 aromatic rings. The second kappa shape index (κ2) is 8.36. The lowest BCUT2D eigenvalue weighted by molar-refractivity contribution is 0.0954. The molecule has 0 saturated carbocycles. The number of benzene rings is 2. The van der Waals surface area contributed by atoms with Crippen molar-refractivity contribution in [3.05, 3.63) is 53.1 Å². The molecule has 0 fully saturated rings. The van der Waals surface area contributed by atoms with E-state index in [1.54, 1.807) is 24.3 Å². The lowest BCUT2D eigenvalue weighted by atomic mass is 10.1. The summed E-state index contributed by atoms with van der Waals surface area (Å²) in [6.45, 7) is 0. The Morgan fingerprint density at radius 2 is 1.68 bits per heavy atom. The summed E-state index contributed by atoms with van der Waals surface area (Å²) in [6, 6.07) is 11.9. The molecule has 1 amide bonds. The molecule has 0 aliphatic rings. The number of methoxy groups -OCH3 is 3. The van der Waals surface area contributed by atoms with Crippen molar-refractivity contribution in [3.63, 3.8) is 0 Å². The van der Waals surface area contributed by atoms with Crippen LogP contribution >= 0.6 is 0 Å². The second-order valence-electron chi connectivity index (χ2n) is 4.85. The lowest BCUT2D eigenvalue weighted by Crippen LogP contribution is -2.18. The molecule has 0 heterocycles. The summed E-state index contributed by atoms with van der Waals surface area (Å²) in [5.74, 6) is 0.734. The number of amides is 1. The molecule has 0 saturated heterocycles. The Morgan fingerprint density at radius 1 is 1.08 bits per heavy atom. The first-order chi connectivity index (χ1) is 12.1. The van der Waals surface area contributed by atoms with E-state index in [4.69, 9.17) is 19.5 Å². The van der Waals surface area contributed by atoms with Crippen molar-refractivity contribution in [3.8, 4) is 23.3 Å². The molecular weight excluding hydrogens is 322 g/mol. The molecule has 7 heteroatoms. The Hall–Kier alpha value is -3.53. The molecule has 2 rings (SSSR count). The van der Waals surface area contributed by atoms with Gasteiger partial charge in [-0.15, -0.1) is 0 Å². The fourth-order valence-corrected chi connectivity index (χ4v) is 2.09. The Kier molecular flexibility index (Phi) is 5.96. The van der Waals surface area contributed by atoms with E-state index < -0.39 is 5.91 Å². The maximum Gasteiger partial charge on any atom is 0.271 e. The molecule has 0 atom stereocenters. The molecule has 2 aromatic carbocycles. The van der Waals surface area contributed by atoms with E-state index in [0.717, 1.165) is 5.56 Å². The van der Waals surface area contributed by atoms with E-state index >= 15 is 0 Å². The molecule has 0 aliphatic heterocycles. The number of carbonyl (C=O) groups excluding carboxylic acids is 1. The largest absolute Gasteiger partial charge is 0.493 e. The Bertz CT molecular complexity index is 798. The maximum atomic E-state index is 12.3. The summed E-state index contributed by atoms with van der Waals surface area (Å²) < 4.78 is 15.6. The lowest BCUT2D eigenvalue weighted by Gasteiger charge is -2.13. The smallest absolute Gasteiger partial charge is 0.271 e. The zero-order valence-electron chi connectivity index (χ0n) is 14.1. The van der Waals surface area contributed by atoms with Crippen molar-refractivity contribution in [2.75, 3.05) is 21.3 Å². The molecule has 0 spiro atoms. The third kappa shape index (κ3) is 4.26. The molecule has 0 radical (unpaired) electrons. The fourth-order valence-electron chi connectivity index (χ4n) is 2.09. The van der Waals surface area contributed by atoms with Gasteiger partial charge in [-0.3, -0.25) is 4.79 Å². The predicted octanol–water partition coefficient (Wildman–Crippen LogP) is 2.35. The highest BCUT2D eigenvalue weighted by molar-refractivity contribution is 5.96. The molecule has 0 bridgehead atoms. The van der Waals surface area contributed by atoms with Crippen molar-refractivity contribution in [1.29, 1.82) is 5.26 Å². The molecular formula is C18H17N3O4. The number of rotatable bonds is 6. The number of hydrogen-bond donors (Lipinski definition) is 1. The predicted molar refractivity (Wildman–Crippen MR) is 92.3 cm³/mol. The zero-order valence-corrected chi connectivity index (χ0v) is 14.1. The van der Waals surface area contributed by atoms with Crippen LogP contribution in [-0.2, 0) is 0 Å². The van der Waals surface area contributed by atoms with E-state index in [9.17, 15) is 4.79 Å². The summed E-state index contributed by atoms with van der Waals surface area (Å²) in [6.07, 6.45) is 1.48. The van der Waals surface area contributed by atoms with Crippen molar-refractivity contribution >= 4 is 12.1 Å². The number of hydrogen-bond acceptors (Lipinski definition) is 6. The first kappa shape index (κ1) is 17.8. The van der Waals surface area contributed by atoms with Gasteiger partial charge in [-0.1, -0.05) is 12.1 Å². The number of nitriles is 1. The van der Waals surface area contributed by atoms with Crippen LogP contribution in [-0.4, -0.2) is 33.5 Å². The van der Waals surface area contributed by atoms with Crippen molar-refractivity contribution < 1.29 is 19.0 Å². The summed E-state index contributed by atoms with van der Waals surface area (Å²) >= 11 is 0. The minimum Gasteiger partial charge on any atom is -0.493 e. The Balaban J connectivity index is 2.14. The minimum atomic E-state index is -0.427. The van der Waals surface area contributed by atoms with Gasteiger partial charge in [0.25, 0.3) is 5.91 Å². The standard InChI is InChI=1S/C18H17N3O4/c1-23-15-8-14(9-16(24-2)17(15)25-3)18(22)21-20-11-13-6-4-12(10-19)5-7-13/h4-9,11H,1-3H3,(H,21,22)/b20-11+. The SMILES string of the molecule is COc1cc(C(=O)N/N=C/c2ccc(C#N)cc2)cc(OC)c1OC. The van der Waals surface area contributed by atoms with E-state index in [0.29, 0.717) is 28.4 Å². The third-order valence-corrected chi connectivity index (χ3v) is 3.35. The molecule has 0 aliphatic carbocycles. The Morgan fingerprint density at radius 3 is 2.16 bits per heavy atom. The minimum absolute atomic E-state index is 0.312. The number of carbonyl (C=O) groups is 1. The van der Waals surface area contributed by atoms with Gasteiger partial charge in [-0.2, -0.15) is 10.4 Å². The van der Waals surface area contributed by atoms with Crippen LogP contribution in [0.1, 0.15) is 21.5 Å². The van der Waals surface area contributed by atoms with Crippen molar-refractivity contribution in [1.82, 2.24) is 5.43 Å². The van der Waals surface area contributed by atoms with Gasteiger partial charge in [-0.05, 0) is 29.8 Å². The average molecular weight is 339 g/mol. The van der Waals surface area contributed by atoms with Crippen LogP contribution in [0.25, 0.3) is 0 Å². The number of hydrazone groups is 1. The number of nitrogens with one attached hydrogen (secondary N) is 1. The van der Waals surface area contributed by atoms with Crippen LogP contribution in [0.15, 0.2) is 41.5 Å². The topological polar surface area (TPSA) is 92.9 Å². The summed E-state index contributed by atoms with van der Waals surface area (Å²) in [7, 11) is 4.44.